The highest BCUT2D eigenvalue weighted by Gasteiger charge is 2.10. The molecule has 9 nitrogen and oxygen atoms in total. The molecule has 0 atom stereocenters. The summed E-state index contributed by atoms with van der Waals surface area (Å²) in [4.78, 5) is 21.8. The molecule has 114 valence electrons. The SMILES string of the molecule is Cc1cc(C(=O)N/N=C\c2cc([N+](=O)[O-])cc(C)c2[O-])n[nH]1. The third kappa shape index (κ3) is 3.26. The van der Waals surface area contributed by atoms with E-state index in [2.05, 4.69) is 20.7 Å². The lowest BCUT2D eigenvalue weighted by molar-refractivity contribution is -0.385. The number of carbonyl (C=O) groups excluding carboxylic acids is 1. The van der Waals surface area contributed by atoms with Crippen molar-refractivity contribution in [2.24, 2.45) is 5.10 Å². The lowest BCUT2D eigenvalue weighted by Crippen LogP contribution is -2.18. The van der Waals surface area contributed by atoms with Crippen LogP contribution in [-0.2, 0) is 0 Å². The predicted molar refractivity (Wildman–Crippen MR) is 75.7 cm³/mol. The van der Waals surface area contributed by atoms with Gasteiger partial charge in [0.05, 0.1) is 11.1 Å². The van der Waals surface area contributed by atoms with Gasteiger partial charge >= 0.3 is 0 Å². The smallest absolute Gasteiger partial charge is 0.291 e. The second kappa shape index (κ2) is 6.04. The van der Waals surface area contributed by atoms with Crippen LogP contribution in [0.2, 0.25) is 0 Å². The molecule has 2 rings (SSSR count). The molecule has 1 aromatic heterocycles. The maximum Gasteiger partial charge on any atom is 0.291 e. The van der Waals surface area contributed by atoms with Crippen LogP contribution in [0.3, 0.4) is 0 Å². The first kappa shape index (κ1) is 15.2. The van der Waals surface area contributed by atoms with Crippen LogP contribution in [0.5, 0.6) is 5.75 Å². The fourth-order valence-corrected chi connectivity index (χ4v) is 1.73. The van der Waals surface area contributed by atoms with E-state index in [9.17, 15) is 20.0 Å². The molecule has 2 N–H and O–H groups in total. The van der Waals surface area contributed by atoms with Gasteiger partial charge in [0.1, 0.15) is 0 Å². The number of amides is 1. The van der Waals surface area contributed by atoms with Crippen molar-refractivity contribution in [3.05, 3.63) is 50.8 Å². The Labute approximate surface area is 124 Å². The topological polar surface area (TPSA) is 136 Å². The van der Waals surface area contributed by atoms with Crippen molar-refractivity contribution < 1.29 is 14.8 Å². The maximum atomic E-state index is 11.8. The van der Waals surface area contributed by atoms with Gasteiger partial charge in [-0.2, -0.15) is 10.2 Å². The first-order valence-electron chi connectivity index (χ1n) is 6.20. The summed E-state index contributed by atoms with van der Waals surface area (Å²) in [5, 5.41) is 32.6. The first-order valence-corrected chi connectivity index (χ1v) is 6.20. The quantitative estimate of drug-likeness (QED) is 0.488. The van der Waals surface area contributed by atoms with Crippen molar-refractivity contribution in [2.75, 3.05) is 0 Å². The number of nitro groups is 1. The first-order chi connectivity index (χ1) is 10.4. The molecule has 9 heteroatoms. The van der Waals surface area contributed by atoms with Crippen molar-refractivity contribution in [2.45, 2.75) is 13.8 Å². The Morgan fingerprint density at radius 2 is 2.14 bits per heavy atom. The number of hydrogen-bond acceptors (Lipinski definition) is 6. The summed E-state index contributed by atoms with van der Waals surface area (Å²) in [6, 6.07) is 3.82. The number of hydrazone groups is 1. The largest absolute Gasteiger partial charge is 0.872 e. The molecule has 1 heterocycles. The molecule has 0 saturated carbocycles. The summed E-state index contributed by atoms with van der Waals surface area (Å²) < 4.78 is 0. The van der Waals surface area contributed by atoms with Gasteiger partial charge in [-0.3, -0.25) is 20.0 Å². The van der Waals surface area contributed by atoms with Gasteiger partial charge in [-0.15, -0.1) is 0 Å². The van der Waals surface area contributed by atoms with E-state index in [0.717, 1.165) is 12.3 Å². The van der Waals surface area contributed by atoms with E-state index in [1.54, 1.807) is 6.92 Å². The third-order valence-electron chi connectivity index (χ3n) is 2.81. The fraction of sp³-hybridized carbons (Fsp3) is 0.154. The lowest BCUT2D eigenvalue weighted by atomic mass is 10.1. The van der Waals surface area contributed by atoms with Crippen molar-refractivity contribution in [3.8, 4) is 5.75 Å². The van der Waals surface area contributed by atoms with Gasteiger partial charge in [0.2, 0.25) is 0 Å². The maximum absolute atomic E-state index is 11.8. The zero-order chi connectivity index (χ0) is 16.3. The zero-order valence-electron chi connectivity index (χ0n) is 11.8. The predicted octanol–water partition coefficient (Wildman–Crippen LogP) is 0.772. The van der Waals surface area contributed by atoms with Gasteiger partial charge in [0.15, 0.2) is 5.69 Å². The van der Waals surface area contributed by atoms with Crippen LogP contribution in [-0.4, -0.2) is 27.2 Å². The molecule has 2 aromatic rings. The van der Waals surface area contributed by atoms with Crippen LogP contribution < -0.4 is 10.5 Å². The standard InChI is InChI=1S/C13H13N5O4/c1-7-3-10(18(21)22)5-9(12(7)19)6-14-17-13(20)11-4-8(2)15-16-11/h3-6,19H,1-2H3,(H,15,16)(H,17,20)/p-1/b14-6-. The molecule has 22 heavy (non-hydrogen) atoms. The summed E-state index contributed by atoms with van der Waals surface area (Å²) in [6.45, 7) is 3.21. The Kier molecular flexibility index (Phi) is 4.16. The molecule has 1 amide bonds. The number of nitro benzene ring substituents is 1. The van der Waals surface area contributed by atoms with E-state index in [-0.39, 0.29) is 28.3 Å². The van der Waals surface area contributed by atoms with E-state index < -0.39 is 10.8 Å². The van der Waals surface area contributed by atoms with E-state index in [1.807, 2.05) is 0 Å². The van der Waals surface area contributed by atoms with Crippen molar-refractivity contribution >= 4 is 17.8 Å². The van der Waals surface area contributed by atoms with Crippen LogP contribution in [0.1, 0.15) is 27.3 Å². The molecular formula is C13H12N5O4-. The number of benzene rings is 1. The Bertz CT molecular complexity index is 766. The Morgan fingerprint density at radius 1 is 1.41 bits per heavy atom. The number of aromatic amines is 1. The summed E-state index contributed by atoms with van der Waals surface area (Å²) in [5.41, 5.74) is 3.08. The van der Waals surface area contributed by atoms with Gasteiger partial charge in [-0.25, -0.2) is 5.43 Å². The monoisotopic (exact) mass is 302 g/mol. The van der Waals surface area contributed by atoms with E-state index >= 15 is 0 Å². The van der Waals surface area contributed by atoms with Gasteiger partial charge < -0.3 is 5.11 Å². The minimum Gasteiger partial charge on any atom is -0.872 e. The lowest BCUT2D eigenvalue weighted by Gasteiger charge is -2.13. The van der Waals surface area contributed by atoms with Gasteiger partial charge in [0, 0.05) is 17.8 Å². The summed E-state index contributed by atoms with van der Waals surface area (Å²) in [6.07, 6.45) is 1.07. The van der Waals surface area contributed by atoms with E-state index in [1.165, 1.54) is 19.1 Å². The second-order valence-corrected chi connectivity index (χ2v) is 4.57. The third-order valence-corrected chi connectivity index (χ3v) is 2.81. The molecule has 0 aliphatic rings. The van der Waals surface area contributed by atoms with E-state index in [4.69, 9.17) is 0 Å². The number of H-pyrrole nitrogens is 1. The molecule has 0 radical (unpaired) electrons. The van der Waals surface area contributed by atoms with Crippen molar-refractivity contribution in [3.63, 3.8) is 0 Å². The minimum atomic E-state index is -0.602. The van der Waals surface area contributed by atoms with Gasteiger partial charge in [-0.05, 0) is 25.5 Å². The Morgan fingerprint density at radius 3 is 2.73 bits per heavy atom. The minimum absolute atomic E-state index is 0.0187. The summed E-state index contributed by atoms with van der Waals surface area (Å²) in [7, 11) is 0. The highest BCUT2D eigenvalue weighted by Crippen LogP contribution is 2.24. The van der Waals surface area contributed by atoms with Crippen molar-refractivity contribution in [1.82, 2.24) is 15.6 Å². The number of aromatic nitrogens is 2. The van der Waals surface area contributed by atoms with Crippen LogP contribution in [0, 0.1) is 24.0 Å². The molecule has 0 aliphatic carbocycles. The number of nitrogens with one attached hydrogen (secondary N) is 2. The van der Waals surface area contributed by atoms with Gasteiger partial charge in [0.25, 0.3) is 11.6 Å². The molecule has 0 fully saturated rings. The molecule has 0 aliphatic heterocycles. The second-order valence-electron chi connectivity index (χ2n) is 4.57. The summed E-state index contributed by atoms with van der Waals surface area (Å²) in [5.74, 6) is -0.950. The number of aryl methyl sites for hydroxylation is 2. The number of nitrogens with zero attached hydrogens (tertiary/aromatic N) is 3. The van der Waals surface area contributed by atoms with E-state index in [0.29, 0.717) is 5.69 Å². The molecular weight excluding hydrogens is 290 g/mol. The van der Waals surface area contributed by atoms with Gasteiger partial charge in [-0.1, -0.05) is 11.3 Å². The molecule has 0 saturated heterocycles. The normalized spacial score (nSPS) is 10.8. The number of rotatable bonds is 4. The fourth-order valence-electron chi connectivity index (χ4n) is 1.73. The highest BCUT2D eigenvalue weighted by molar-refractivity contribution is 5.93. The Hall–Kier alpha value is -3.23. The average molecular weight is 302 g/mol. The van der Waals surface area contributed by atoms with Crippen LogP contribution >= 0.6 is 0 Å². The van der Waals surface area contributed by atoms with Crippen LogP contribution in [0.15, 0.2) is 23.3 Å². The molecule has 0 unspecified atom stereocenters. The Balaban J connectivity index is 2.16. The van der Waals surface area contributed by atoms with Crippen LogP contribution in [0.25, 0.3) is 0 Å². The highest BCUT2D eigenvalue weighted by atomic mass is 16.6. The molecule has 1 aromatic carbocycles. The number of carbonyl (C=O) groups is 1. The van der Waals surface area contributed by atoms with Crippen LogP contribution in [0.4, 0.5) is 5.69 Å². The van der Waals surface area contributed by atoms with Crippen molar-refractivity contribution in [1.29, 1.82) is 0 Å². The summed E-state index contributed by atoms with van der Waals surface area (Å²) >= 11 is 0. The average Bonchev–Trinajstić information content (AvgIpc) is 2.89. The zero-order valence-corrected chi connectivity index (χ0v) is 11.8. The number of hydrogen-bond donors (Lipinski definition) is 2. The molecule has 0 spiro atoms. The number of non-ortho nitro benzene ring substituents is 1. The molecule has 0 bridgehead atoms.